The van der Waals surface area contributed by atoms with Gasteiger partial charge in [-0.3, -0.25) is 0 Å². The van der Waals surface area contributed by atoms with Gasteiger partial charge in [0.2, 0.25) is 6.79 Å². The van der Waals surface area contributed by atoms with Crippen molar-refractivity contribution in [1.82, 2.24) is 0 Å². The summed E-state index contributed by atoms with van der Waals surface area (Å²) in [4.78, 5) is 0. The molecule has 0 fully saturated rings. The number of nitrogens with zero attached hydrogens (tertiary/aromatic N) is 2. The van der Waals surface area contributed by atoms with E-state index in [2.05, 4.69) is 33.1 Å². The van der Waals surface area contributed by atoms with Crippen LogP contribution >= 0.6 is 15.9 Å². The predicted molar refractivity (Wildman–Crippen MR) is 72.2 cm³/mol. The van der Waals surface area contributed by atoms with E-state index in [-0.39, 0.29) is 12.7 Å². The molecular weight excluding hydrogens is 298 g/mol. The number of halogens is 1. The summed E-state index contributed by atoms with van der Waals surface area (Å²) >= 11 is 3.48. The minimum Gasteiger partial charge on any atom is -0.454 e. The molecular formula is C12H12BrN3O2. The van der Waals surface area contributed by atoms with Gasteiger partial charge in [0.15, 0.2) is 11.5 Å². The van der Waals surface area contributed by atoms with Gasteiger partial charge in [0.25, 0.3) is 0 Å². The highest BCUT2D eigenvalue weighted by Gasteiger charge is 2.23. The average molecular weight is 310 g/mol. The highest BCUT2D eigenvalue weighted by Crippen LogP contribution is 2.40. The van der Waals surface area contributed by atoms with Crippen molar-refractivity contribution in [3.05, 3.63) is 22.2 Å². The van der Waals surface area contributed by atoms with E-state index in [4.69, 9.17) is 15.2 Å². The quantitative estimate of drug-likeness (QED) is 0.865. The van der Waals surface area contributed by atoms with Crippen LogP contribution in [-0.4, -0.2) is 18.3 Å². The van der Waals surface area contributed by atoms with Crippen molar-refractivity contribution in [2.45, 2.75) is 13.3 Å². The van der Waals surface area contributed by atoms with Crippen LogP contribution in [0.4, 0.5) is 0 Å². The Labute approximate surface area is 113 Å². The van der Waals surface area contributed by atoms with E-state index >= 15 is 0 Å². The van der Waals surface area contributed by atoms with E-state index in [1.165, 1.54) is 0 Å². The van der Waals surface area contributed by atoms with Crippen molar-refractivity contribution in [1.29, 1.82) is 0 Å². The summed E-state index contributed by atoms with van der Waals surface area (Å²) in [5.74, 6) is 2.29. The molecule has 5 nitrogen and oxygen atoms in total. The first kappa shape index (κ1) is 11.5. The Kier molecular flexibility index (Phi) is 2.74. The molecule has 3 rings (SSSR count). The van der Waals surface area contributed by atoms with E-state index < -0.39 is 0 Å². The molecule has 2 aliphatic heterocycles. The summed E-state index contributed by atoms with van der Waals surface area (Å²) < 4.78 is 11.6. The molecule has 1 aromatic rings. The lowest BCUT2D eigenvalue weighted by Crippen LogP contribution is -2.25. The Balaban J connectivity index is 2.05. The third kappa shape index (κ3) is 1.86. The number of benzene rings is 1. The topological polar surface area (TPSA) is 69.2 Å². The lowest BCUT2D eigenvalue weighted by atomic mass is 9.94. The molecule has 0 amide bonds. The van der Waals surface area contributed by atoms with Crippen LogP contribution in [0.3, 0.4) is 0 Å². The summed E-state index contributed by atoms with van der Waals surface area (Å²) in [7, 11) is 0. The van der Waals surface area contributed by atoms with Gasteiger partial charge in [-0.05, 0) is 28.1 Å². The lowest BCUT2D eigenvalue weighted by molar-refractivity contribution is 0.173. The molecule has 2 N–H and O–H groups in total. The van der Waals surface area contributed by atoms with Gasteiger partial charge in [0.05, 0.1) is 10.2 Å². The molecule has 0 aromatic heterocycles. The lowest BCUT2D eigenvalue weighted by Gasteiger charge is -2.17. The minimum atomic E-state index is 0.245. The summed E-state index contributed by atoms with van der Waals surface area (Å²) in [6.07, 6.45) is 0.727. The number of amidine groups is 1. The van der Waals surface area contributed by atoms with Gasteiger partial charge in [0, 0.05) is 17.9 Å². The highest BCUT2D eigenvalue weighted by molar-refractivity contribution is 9.10. The molecule has 2 heterocycles. The Hall–Kier alpha value is -1.56. The summed E-state index contributed by atoms with van der Waals surface area (Å²) in [6, 6.07) is 3.90. The maximum atomic E-state index is 5.67. The third-order valence-corrected chi connectivity index (χ3v) is 3.58. The Morgan fingerprint density at radius 1 is 1.33 bits per heavy atom. The fourth-order valence-corrected chi connectivity index (χ4v) is 2.68. The molecule has 1 unspecified atom stereocenters. The maximum Gasteiger partial charge on any atom is 0.231 e. The van der Waals surface area contributed by atoms with Gasteiger partial charge in [-0.2, -0.15) is 5.10 Å². The van der Waals surface area contributed by atoms with Crippen LogP contribution in [-0.2, 0) is 0 Å². The number of hydrogen-bond acceptors (Lipinski definition) is 5. The van der Waals surface area contributed by atoms with Crippen LogP contribution in [0.15, 0.2) is 26.8 Å². The fourth-order valence-electron chi connectivity index (χ4n) is 2.13. The molecule has 0 saturated heterocycles. The summed E-state index contributed by atoms with van der Waals surface area (Å²) in [5.41, 5.74) is 7.58. The number of rotatable bonds is 1. The summed E-state index contributed by atoms with van der Waals surface area (Å²) in [6.45, 7) is 2.34. The van der Waals surface area contributed by atoms with Crippen molar-refractivity contribution < 1.29 is 9.47 Å². The molecule has 0 bridgehead atoms. The average Bonchev–Trinajstić information content (AvgIpc) is 2.77. The Morgan fingerprint density at radius 2 is 2.17 bits per heavy atom. The molecule has 0 spiro atoms. The smallest absolute Gasteiger partial charge is 0.231 e. The molecule has 1 atom stereocenters. The van der Waals surface area contributed by atoms with Crippen molar-refractivity contribution in [2.75, 3.05) is 6.79 Å². The molecule has 94 valence electrons. The van der Waals surface area contributed by atoms with E-state index in [9.17, 15) is 0 Å². The van der Waals surface area contributed by atoms with E-state index in [0.29, 0.717) is 5.84 Å². The zero-order valence-corrected chi connectivity index (χ0v) is 11.4. The normalized spacial score (nSPS) is 21.6. The van der Waals surface area contributed by atoms with Gasteiger partial charge in [-0.25, -0.2) is 0 Å². The van der Waals surface area contributed by atoms with Crippen molar-refractivity contribution in [2.24, 2.45) is 21.9 Å². The third-order valence-electron chi connectivity index (χ3n) is 2.99. The number of nitrogens with two attached hydrogens (primary N) is 1. The van der Waals surface area contributed by atoms with Crippen LogP contribution < -0.4 is 15.2 Å². The first-order valence-electron chi connectivity index (χ1n) is 5.64. The molecule has 1 aromatic carbocycles. The monoisotopic (exact) mass is 309 g/mol. The molecule has 0 radical (unpaired) electrons. The van der Waals surface area contributed by atoms with E-state index in [0.717, 1.165) is 33.7 Å². The van der Waals surface area contributed by atoms with Gasteiger partial charge >= 0.3 is 0 Å². The SMILES string of the molecule is CC1CC(N)=NN=C1c1cc(Br)c2c(c1)OCO2. The zero-order valence-electron chi connectivity index (χ0n) is 9.81. The number of fused-ring (bicyclic) bond motifs is 1. The zero-order chi connectivity index (χ0) is 12.7. The maximum absolute atomic E-state index is 5.67. The van der Waals surface area contributed by atoms with Crippen LogP contribution in [0.2, 0.25) is 0 Å². The second-order valence-corrected chi connectivity index (χ2v) is 5.23. The molecule has 18 heavy (non-hydrogen) atoms. The van der Waals surface area contributed by atoms with Crippen LogP contribution in [0.25, 0.3) is 0 Å². The standard InChI is InChI=1S/C12H12BrN3O2/c1-6-2-10(14)15-16-11(6)7-3-8(13)12-9(4-7)17-5-18-12/h3-4,6H,2,5H2,1H3,(H2,14,15). The van der Waals surface area contributed by atoms with Gasteiger partial charge in [-0.1, -0.05) is 6.92 Å². The second kappa shape index (κ2) is 4.28. The minimum absolute atomic E-state index is 0.245. The van der Waals surface area contributed by atoms with E-state index in [1.807, 2.05) is 12.1 Å². The largest absolute Gasteiger partial charge is 0.454 e. The second-order valence-electron chi connectivity index (χ2n) is 4.37. The van der Waals surface area contributed by atoms with Crippen LogP contribution in [0.1, 0.15) is 18.9 Å². The molecule has 0 aliphatic carbocycles. The van der Waals surface area contributed by atoms with Gasteiger partial charge in [0.1, 0.15) is 5.84 Å². The first-order chi connectivity index (χ1) is 8.65. The fraction of sp³-hybridized carbons (Fsp3) is 0.333. The summed E-state index contributed by atoms with van der Waals surface area (Å²) in [5, 5.41) is 8.15. The Bertz CT molecular complexity index is 569. The molecule has 0 saturated carbocycles. The molecule has 2 aliphatic rings. The Morgan fingerprint density at radius 3 is 2.94 bits per heavy atom. The number of ether oxygens (including phenoxy) is 2. The number of hydrogen-bond donors (Lipinski definition) is 1. The van der Waals surface area contributed by atoms with Crippen molar-refractivity contribution in [3.8, 4) is 11.5 Å². The predicted octanol–water partition coefficient (Wildman–Crippen LogP) is 2.28. The van der Waals surface area contributed by atoms with Crippen molar-refractivity contribution in [3.63, 3.8) is 0 Å². The van der Waals surface area contributed by atoms with E-state index in [1.54, 1.807) is 0 Å². The van der Waals surface area contributed by atoms with Crippen LogP contribution in [0.5, 0.6) is 11.5 Å². The first-order valence-corrected chi connectivity index (χ1v) is 6.44. The van der Waals surface area contributed by atoms with Gasteiger partial charge < -0.3 is 15.2 Å². The van der Waals surface area contributed by atoms with Gasteiger partial charge in [-0.15, -0.1) is 5.10 Å². The van der Waals surface area contributed by atoms with Crippen LogP contribution in [0, 0.1) is 5.92 Å². The molecule has 6 heteroatoms. The highest BCUT2D eigenvalue weighted by atomic mass is 79.9. The van der Waals surface area contributed by atoms with Crippen molar-refractivity contribution >= 4 is 27.5 Å².